The van der Waals surface area contributed by atoms with E-state index in [0.717, 1.165) is 5.56 Å². The minimum absolute atomic E-state index is 0.0147. The van der Waals surface area contributed by atoms with Crippen LogP contribution in [0.2, 0.25) is 0 Å². The van der Waals surface area contributed by atoms with Crippen LogP contribution in [0.3, 0.4) is 0 Å². The first-order valence-corrected chi connectivity index (χ1v) is 6.22. The minimum Gasteiger partial charge on any atom is -0.460 e. The molecule has 4 nitrogen and oxygen atoms in total. The molecule has 1 aromatic carbocycles. The van der Waals surface area contributed by atoms with Crippen molar-refractivity contribution in [3.63, 3.8) is 0 Å². The van der Waals surface area contributed by atoms with Gasteiger partial charge in [-0.1, -0.05) is 30.3 Å². The van der Waals surface area contributed by atoms with E-state index in [4.69, 9.17) is 9.47 Å². The molecule has 0 aliphatic carbocycles. The third-order valence-corrected chi connectivity index (χ3v) is 2.25. The van der Waals surface area contributed by atoms with Crippen LogP contribution in [0.15, 0.2) is 30.3 Å². The van der Waals surface area contributed by atoms with Gasteiger partial charge in [0.05, 0.1) is 6.42 Å². The van der Waals surface area contributed by atoms with Gasteiger partial charge in [0, 0.05) is 6.92 Å². The molecule has 0 unspecified atom stereocenters. The Hall–Kier alpha value is -1.84. The van der Waals surface area contributed by atoms with Gasteiger partial charge < -0.3 is 9.47 Å². The van der Waals surface area contributed by atoms with Gasteiger partial charge in [0.2, 0.25) is 0 Å². The first-order chi connectivity index (χ1) is 8.78. The Bertz CT molecular complexity index is 431. The molecule has 104 valence electrons. The van der Waals surface area contributed by atoms with E-state index in [1.54, 1.807) is 20.8 Å². The van der Waals surface area contributed by atoms with E-state index in [0.29, 0.717) is 0 Å². The maximum absolute atomic E-state index is 11.8. The molecule has 0 bridgehead atoms. The van der Waals surface area contributed by atoms with E-state index in [-0.39, 0.29) is 12.4 Å². The smallest absolute Gasteiger partial charge is 0.310 e. The summed E-state index contributed by atoms with van der Waals surface area (Å²) < 4.78 is 10.4. The van der Waals surface area contributed by atoms with E-state index in [1.165, 1.54) is 6.92 Å². The summed E-state index contributed by atoms with van der Waals surface area (Å²) in [5, 5.41) is 0. The molecule has 0 saturated heterocycles. The maximum atomic E-state index is 11.8. The van der Waals surface area contributed by atoms with Gasteiger partial charge in [0.15, 0.2) is 0 Å². The lowest BCUT2D eigenvalue weighted by molar-refractivity contribution is -0.161. The molecule has 0 aliphatic heterocycles. The number of ether oxygens (including phenoxy) is 2. The molecule has 0 amide bonds. The van der Waals surface area contributed by atoms with Crippen molar-refractivity contribution in [3.8, 4) is 0 Å². The summed E-state index contributed by atoms with van der Waals surface area (Å²) in [6.07, 6.45) is -0.588. The summed E-state index contributed by atoms with van der Waals surface area (Å²) in [6.45, 7) is 6.72. The largest absolute Gasteiger partial charge is 0.460 e. The van der Waals surface area contributed by atoms with Crippen molar-refractivity contribution in [1.82, 2.24) is 0 Å². The van der Waals surface area contributed by atoms with Crippen molar-refractivity contribution in [3.05, 3.63) is 35.9 Å². The van der Waals surface area contributed by atoms with E-state index in [9.17, 15) is 9.59 Å². The fourth-order valence-corrected chi connectivity index (χ4v) is 1.63. The molecule has 0 fully saturated rings. The van der Waals surface area contributed by atoms with E-state index < -0.39 is 17.7 Å². The normalized spacial score (nSPS) is 12.6. The molecule has 0 heterocycles. The molecule has 1 rings (SSSR count). The fourth-order valence-electron chi connectivity index (χ4n) is 1.63. The van der Waals surface area contributed by atoms with Crippen LogP contribution in [0.1, 0.15) is 45.8 Å². The van der Waals surface area contributed by atoms with E-state index >= 15 is 0 Å². The molecule has 0 radical (unpaired) electrons. The Balaban J connectivity index is 2.76. The highest BCUT2D eigenvalue weighted by Crippen LogP contribution is 2.23. The lowest BCUT2D eigenvalue weighted by atomic mass is 10.1. The summed E-state index contributed by atoms with van der Waals surface area (Å²) in [6, 6.07) is 9.17. The molecule has 0 N–H and O–H groups in total. The third-order valence-electron chi connectivity index (χ3n) is 2.25. The Morgan fingerprint density at radius 2 is 1.74 bits per heavy atom. The number of carbonyl (C=O) groups is 2. The topological polar surface area (TPSA) is 52.6 Å². The highest BCUT2D eigenvalue weighted by Gasteiger charge is 2.23. The van der Waals surface area contributed by atoms with Crippen molar-refractivity contribution in [2.45, 2.75) is 45.8 Å². The number of esters is 2. The zero-order chi connectivity index (χ0) is 14.5. The highest BCUT2D eigenvalue weighted by atomic mass is 16.6. The van der Waals surface area contributed by atoms with Crippen molar-refractivity contribution in [2.75, 3.05) is 0 Å². The van der Waals surface area contributed by atoms with Gasteiger partial charge in [-0.15, -0.1) is 0 Å². The van der Waals surface area contributed by atoms with Gasteiger partial charge in [0.25, 0.3) is 0 Å². The van der Waals surface area contributed by atoms with Crippen LogP contribution >= 0.6 is 0 Å². The molecule has 1 atom stereocenters. The summed E-state index contributed by atoms with van der Waals surface area (Å²) >= 11 is 0. The number of benzene rings is 1. The van der Waals surface area contributed by atoms with Gasteiger partial charge in [-0.3, -0.25) is 9.59 Å². The Morgan fingerprint density at radius 3 is 2.21 bits per heavy atom. The van der Waals surface area contributed by atoms with Crippen LogP contribution in [-0.2, 0) is 19.1 Å². The van der Waals surface area contributed by atoms with Gasteiger partial charge in [0.1, 0.15) is 11.7 Å². The molecule has 19 heavy (non-hydrogen) atoms. The zero-order valence-electron chi connectivity index (χ0n) is 11.8. The van der Waals surface area contributed by atoms with Crippen LogP contribution in [0, 0.1) is 0 Å². The Morgan fingerprint density at radius 1 is 1.16 bits per heavy atom. The predicted molar refractivity (Wildman–Crippen MR) is 71.4 cm³/mol. The van der Waals surface area contributed by atoms with Gasteiger partial charge in [-0.25, -0.2) is 0 Å². The van der Waals surface area contributed by atoms with Gasteiger partial charge >= 0.3 is 11.9 Å². The molecule has 0 spiro atoms. The highest BCUT2D eigenvalue weighted by molar-refractivity contribution is 5.72. The lowest BCUT2D eigenvalue weighted by Crippen LogP contribution is -2.25. The number of rotatable bonds is 4. The SMILES string of the molecule is CC(=O)O[C@@H](CC(=O)OC(C)(C)C)c1ccccc1. The molecule has 0 aliphatic rings. The molecule has 0 saturated carbocycles. The van der Waals surface area contributed by atoms with Crippen molar-refractivity contribution < 1.29 is 19.1 Å². The number of hydrogen-bond acceptors (Lipinski definition) is 4. The standard InChI is InChI=1S/C15H20O4/c1-11(16)18-13(12-8-6-5-7-9-12)10-14(17)19-15(2,3)4/h5-9,13H,10H2,1-4H3/t13-/m0/s1. The summed E-state index contributed by atoms with van der Waals surface area (Å²) in [4.78, 5) is 22.9. The minimum atomic E-state index is -0.603. The summed E-state index contributed by atoms with van der Waals surface area (Å²) in [5.41, 5.74) is 0.234. The lowest BCUT2D eigenvalue weighted by Gasteiger charge is -2.22. The van der Waals surface area contributed by atoms with Crippen LogP contribution < -0.4 is 0 Å². The molecular weight excluding hydrogens is 244 g/mol. The summed E-state index contributed by atoms with van der Waals surface area (Å²) in [7, 11) is 0. The van der Waals surface area contributed by atoms with Crippen LogP contribution in [-0.4, -0.2) is 17.5 Å². The first-order valence-electron chi connectivity index (χ1n) is 6.22. The van der Waals surface area contributed by atoms with Crippen molar-refractivity contribution in [1.29, 1.82) is 0 Å². The second-order valence-electron chi connectivity index (χ2n) is 5.30. The third kappa shape index (κ3) is 6.04. The van der Waals surface area contributed by atoms with Crippen molar-refractivity contribution >= 4 is 11.9 Å². The van der Waals surface area contributed by atoms with Gasteiger partial charge in [-0.2, -0.15) is 0 Å². The Labute approximate surface area is 113 Å². The maximum Gasteiger partial charge on any atom is 0.310 e. The van der Waals surface area contributed by atoms with Gasteiger partial charge in [-0.05, 0) is 26.3 Å². The number of hydrogen-bond donors (Lipinski definition) is 0. The monoisotopic (exact) mass is 264 g/mol. The van der Waals surface area contributed by atoms with Crippen molar-refractivity contribution in [2.24, 2.45) is 0 Å². The molecule has 0 aromatic heterocycles. The average Bonchev–Trinajstić information content (AvgIpc) is 2.26. The average molecular weight is 264 g/mol. The van der Waals surface area contributed by atoms with Crippen LogP contribution in [0.4, 0.5) is 0 Å². The predicted octanol–water partition coefficient (Wildman–Crippen LogP) is 3.02. The molecule has 1 aromatic rings. The quantitative estimate of drug-likeness (QED) is 0.784. The molecule has 4 heteroatoms. The number of carbonyl (C=O) groups excluding carboxylic acids is 2. The first kappa shape index (κ1) is 15.2. The van der Waals surface area contributed by atoms with E-state index in [2.05, 4.69) is 0 Å². The second-order valence-corrected chi connectivity index (χ2v) is 5.30. The second kappa shape index (κ2) is 6.36. The summed E-state index contributed by atoms with van der Waals surface area (Å²) in [5.74, 6) is -0.806. The molecular formula is C15H20O4. The zero-order valence-corrected chi connectivity index (χ0v) is 11.8. The van der Waals surface area contributed by atoms with E-state index in [1.807, 2.05) is 30.3 Å². The Kier molecular flexibility index (Phi) is 5.10. The van der Waals surface area contributed by atoms with Crippen LogP contribution in [0.5, 0.6) is 0 Å². The van der Waals surface area contributed by atoms with Crippen LogP contribution in [0.25, 0.3) is 0 Å². The fraction of sp³-hybridized carbons (Fsp3) is 0.467.